The van der Waals surface area contributed by atoms with Crippen molar-refractivity contribution in [3.05, 3.63) is 41.1 Å². The summed E-state index contributed by atoms with van der Waals surface area (Å²) in [5.74, 6) is -4.44. The minimum Gasteiger partial charge on any atom is -0.488 e. The molecule has 1 aromatic rings. The Morgan fingerprint density at radius 3 is 2.46 bits per heavy atom. The van der Waals surface area contributed by atoms with Gasteiger partial charge in [-0.1, -0.05) is 6.07 Å². The van der Waals surface area contributed by atoms with Crippen molar-refractivity contribution in [3.8, 4) is 0 Å². The van der Waals surface area contributed by atoms with Crippen LogP contribution in [-0.4, -0.2) is 39.4 Å². The third-order valence-electron chi connectivity index (χ3n) is 3.36. The standard InChI is InChI=1S/C16H18FNO7S/c1-16(2)24-13(15(20)25-16)12(23-3)14(19)18-8-9-5-6-10(17)7-11(9)26(4,21)22/h5-7H,8H2,1-4H3,(H,18,19). The van der Waals surface area contributed by atoms with Crippen molar-refractivity contribution < 1.29 is 36.6 Å². The van der Waals surface area contributed by atoms with Crippen molar-refractivity contribution >= 4 is 21.7 Å². The fraction of sp³-hybridized carbons (Fsp3) is 0.375. The molecule has 10 heteroatoms. The monoisotopic (exact) mass is 387 g/mol. The summed E-state index contributed by atoms with van der Waals surface area (Å²) in [5, 5.41) is 2.41. The number of amides is 1. The minimum atomic E-state index is -3.70. The highest BCUT2D eigenvalue weighted by Gasteiger charge is 2.41. The van der Waals surface area contributed by atoms with Gasteiger partial charge in [-0.15, -0.1) is 0 Å². The highest BCUT2D eigenvalue weighted by molar-refractivity contribution is 7.90. The number of rotatable bonds is 5. The number of carbonyl (C=O) groups is 2. The second-order valence-corrected chi connectivity index (χ2v) is 7.94. The molecular weight excluding hydrogens is 369 g/mol. The zero-order valence-corrected chi connectivity index (χ0v) is 15.4. The number of cyclic esters (lactones) is 1. The quantitative estimate of drug-likeness (QED) is 0.456. The van der Waals surface area contributed by atoms with Crippen LogP contribution in [0.15, 0.2) is 34.6 Å². The van der Waals surface area contributed by atoms with Gasteiger partial charge in [0.05, 0.1) is 12.0 Å². The number of ether oxygens (including phenoxy) is 3. The number of nitrogens with one attached hydrogen (secondary N) is 1. The molecule has 142 valence electrons. The van der Waals surface area contributed by atoms with Crippen LogP contribution < -0.4 is 5.32 Å². The first-order chi connectivity index (χ1) is 11.9. The number of sulfone groups is 1. The van der Waals surface area contributed by atoms with Crippen LogP contribution >= 0.6 is 0 Å². The van der Waals surface area contributed by atoms with E-state index in [1.54, 1.807) is 0 Å². The summed E-state index contributed by atoms with van der Waals surface area (Å²) in [6.45, 7) is 2.74. The van der Waals surface area contributed by atoms with Crippen LogP contribution in [0.3, 0.4) is 0 Å². The molecule has 1 aromatic carbocycles. The van der Waals surface area contributed by atoms with Gasteiger partial charge in [-0.2, -0.15) is 0 Å². The van der Waals surface area contributed by atoms with Gasteiger partial charge in [-0.25, -0.2) is 17.6 Å². The van der Waals surface area contributed by atoms with E-state index in [9.17, 15) is 22.4 Å². The smallest absolute Gasteiger partial charge is 0.381 e. The maximum absolute atomic E-state index is 13.3. The van der Waals surface area contributed by atoms with Gasteiger partial charge in [0.15, 0.2) is 9.84 Å². The first kappa shape index (κ1) is 19.7. The Kier molecular flexibility index (Phi) is 5.26. The van der Waals surface area contributed by atoms with Gasteiger partial charge >= 0.3 is 5.97 Å². The van der Waals surface area contributed by atoms with E-state index < -0.39 is 44.8 Å². The molecule has 1 aliphatic heterocycles. The number of halogens is 1. The highest BCUT2D eigenvalue weighted by atomic mass is 32.2. The van der Waals surface area contributed by atoms with Crippen molar-refractivity contribution in [2.24, 2.45) is 0 Å². The number of methoxy groups -OCH3 is 1. The molecule has 2 rings (SSSR count). The van der Waals surface area contributed by atoms with Crippen LogP contribution in [0.25, 0.3) is 0 Å². The van der Waals surface area contributed by atoms with E-state index in [2.05, 4.69) is 5.32 Å². The number of benzene rings is 1. The van der Waals surface area contributed by atoms with Crippen LogP contribution in [-0.2, 0) is 40.2 Å². The van der Waals surface area contributed by atoms with E-state index in [4.69, 9.17) is 14.2 Å². The number of esters is 1. The Hall–Kier alpha value is -2.62. The Bertz CT molecular complexity index is 890. The van der Waals surface area contributed by atoms with Gasteiger partial charge in [0.25, 0.3) is 11.7 Å². The summed E-state index contributed by atoms with van der Waals surface area (Å²) in [5.41, 5.74) is 0.179. The minimum absolute atomic E-state index is 0.179. The van der Waals surface area contributed by atoms with Crippen molar-refractivity contribution in [1.82, 2.24) is 5.32 Å². The number of hydrogen-bond acceptors (Lipinski definition) is 7. The number of hydrogen-bond donors (Lipinski definition) is 1. The second-order valence-electron chi connectivity index (χ2n) is 5.96. The molecular formula is C16H18FNO7S. The zero-order chi connectivity index (χ0) is 19.7. The number of carbonyl (C=O) groups excluding carboxylic acids is 2. The van der Waals surface area contributed by atoms with E-state index >= 15 is 0 Å². The Labute approximate surface area is 149 Å². The third-order valence-corrected chi connectivity index (χ3v) is 4.54. The highest BCUT2D eigenvalue weighted by Crippen LogP contribution is 2.28. The Balaban J connectivity index is 2.25. The molecule has 0 aromatic heterocycles. The van der Waals surface area contributed by atoms with Gasteiger partial charge in [-0.05, 0) is 17.7 Å². The molecule has 0 saturated carbocycles. The maximum Gasteiger partial charge on any atom is 0.381 e. The van der Waals surface area contributed by atoms with Gasteiger partial charge in [0, 0.05) is 26.6 Å². The van der Waals surface area contributed by atoms with Crippen molar-refractivity contribution in [3.63, 3.8) is 0 Å². The Morgan fingerprint density at radius 2 is 1.96 bits per heavy atom. The maximum atomic E-state index is 13.3. The summed E-state index contributed by atoms with van der Waals surface area (Å²) in [6, 6.07) is 3.19. The largest absolute Gasteiger partial charge is 0.488 e. The first-order valence-electron chi connectivity index (χ1n) is 7.42. The molecule has 0 aliphatic carbocycles. The van der Waals surface area contributed by atoms with Gasteiger partial charge in [0.1, 0.15) is 5.82 Å². The predicted octanol–water partition coefficient (Wildman–Crippen LogP) is 1.01. The van der Waals surface area contributed by atoms with E-state index in [-0.39, 0.29) is 17.0 Å². The topological polar surface area (TPSA) is 108 Å². The van der Waals surface area contributed by atoms with E-state index in [0.29, 0.717) is 0 Å². The molecule has 0 radical (unpaired) electrons. The van der Waals surface area contributed by atoms with Crippen LogP contribution in [0.4, 0.5) is 4.39 Å². The average Bonchev–Trinajstić information content (AvgIpc) is 2.78. The summed E-state index contributed by atoms with van der Waals surface area (Å²) < 4.78 is 52.0. The van der Waals surface area contributed by atoms with Crippen LogP contribution in [0.2, 0.25) is 0 Å². The van der Waals surface area contributed by atoms with Gasteiger partial charge in [-0.3, -0.25) is 4.79 Å². The lowest BCUT2D eigenvalue weighted by atomic mass is 10.2. The van der Waals surface area contributed by atoms with Crippen LogP contribution in [0, 0.1) is 5.82 Å². The molecule has 0 atom stereocenters. The predicted molar refractivity (Wildman–Crippen MR) is 86.6 cm³/mol. The lowest BCUT2D eigenvalue weighted by Gasteiger charge is -2.15. The zero-order valence-electron chi connectivity index (χ0n) is 14.6. The first-order valence-corrected chi connectivity index (χ1v) is 9.31. The second kappa shape index (κ2) is 6.94. The lowest BCUT2D eigenvalue weighted by Crippen LogP contribution is -2.28. The molecule has 1 N–H and O–H groups in total. The normalized spacial score (nSPS) is 18.0. The SMILES string of the molecule is COC(C(=O)NCc1ccc(F)cc1S(C)(=O)=O)=C1OC(C)(C)OC1=O. The molecule has 1 aliphatic rings. The summed E-state index contributed by atoms with van der Waals surface area (Å²) in [4.78, 5) is 23.9. The molecule has 1 amide bonds. The van der Waals surface area contributed by atoms with E-state index in [1.807, 2.05) is 0 Å². The summed E-state index contributed by atoms with van der Waals surface area (Å²) in [6.07, 6.45) is 0.931. The van der Waals surface area contributed by atoms with Crippen molar-refractivity contribution in [2.45, 2.75) is 31.1 Å². The van der Waals surface area contributed by atoms with Crippen molar-refractivity contribution in [2.75, 3.05) is 13.4 Å². The molecule has 0 spiro atoms. The fourth-order valence-corrected chi connectivity index (χ4v) is 3.22. The van der Waals surface area contributed by atoms with Crippen LogP contribution in [0.5, 0.6) is 0 Å². The average molecular weight is 387 g/mol. The lowest BCUT2D eigenvalue weighted by molar-refractivity contribution is -0.159. The summed E-state index contributed by atoms with van der Waals surface area (Å²) in [7, 11) is -2.53. The molecule has 1 fully saturated rings. The van der Waals surface area contributed by atoms with Crippen LogP contribution in [0.1, 0.15) is 19.4 Å². The van der Waals surface area contributed by atoms with Gasteiger partial charge < -0.3 is 19.5 Å². The van der Waals surface area contributed by atoms with E-state index in [0.717, 1.165) is 18.4 Å². The molecule has 26 heavy (non-hydrogen) atoms. The van der Waals surface area contributed by atoms with Gasteiger partial charge in [0.2, 0.25) is 11.5 Å². The van der Waals surface area contributed by atoms with Crippen molar-refractivity contribution in [1.29, 1.82) is 0 Å². The molecule has 0 bridgehead atoms. The summed E-state index contributed by atoms with van der Waals surface area (Å²) >= 11 is 0. The molecule has 0 unspecified atom stereocenters. The fourth-order valence-electron chi connectivity index (χ4n) is 2.28. The molecule has 1 heterocycles. The molecule has 1 saturated heterocycles. The third kappa shape index (κ3) is 4.31. The Morgan fingerprint density at radius 1 is 1.31 bits per heavy atom. The van der Waals surface area contributed by atoms with E-state index in [1.165, 1.54) is 27.0 Å². The molecule has 8 nitrogen and oxygen atoms in total.